The van der Waals surface area contributed by atoms with E-state index in [0.717, 1.165) is 12.1 Å². The van der Waals surface area contributed by atoms with Gasteiger partial charge in [-0.2, -0.15) is 0 Å². The van der Waals surface area contributed by atoms with Gasteiger partial charge in [0.15, 0.2) is 0 Å². The minimum Gasteiger partial charge on any atom is -0.442 e. The van der Waals surface area contributed by atoms with Crippen LogP contribution in [-0.4, -0.2) is 51.9 Å². The summed E-state index contributed by atoms with van der Waals surface area (Å²) in [5, 5.41) is 7.53. The standard InChI is InChI=1S/C23H18F2N6O3/c1-26-23(16-11-33-12-17(16)23)20-3-2-13(8-27-20)21-18(24)6-14(7-19(21)25)31-10-15(34-22(31)32)9-30-5-4-28-29-30/h2-8,15-17H,9-12H2/t15-,16-,17+,23?/m0/s1. The summed E-state index contributed by atoms with van der Waals surface area (Å²) < 4.78 is 42.3. The molecule has 2 aromatic heterocycles. The van der Waals surface area contributed by atoms with E-state index < -0.39 is 29.4 Å². The maximum atomic E-state index is 15.0. The molecule has 9 nitrogen and oxygen atoms in total. The van der Waals surface area contributed by atoms with E-state index in [-0.39, 0.29) is 41.7 Å². The van der Waals surface area contributed by atoms with Crippen LogP contribution in [-0.2, 0) is 21.6 Å². The van der Waals surface area contributed by atoms with Crippen LogP contribution < -0.4 is 4.90 Å². The summed E-state index contributed by atoms with van der Waals surface area (Å²) in [6.07, 6.45) is 3.31. The first-order valence-electron chi connectivity index (χ1n) is 10.8. The molecule has 3 fully saturated rings. The van der Waals surface area contributed by atoms with Crippen LogP contribution in [0.4, 0.5) is 19.3 Å². The van der Waals surface area contributed by atoms with Crippen LogP contribution in [0.15, 0.2) is 42.9 Å². The summed E-state index contributed by atoms with van der Waals surface area (Å²) in [7, 11) is 0. The lowest BCUT2D eigenvalue weighted by molar-refractivity contribution is 0.129. The maximum Gasteiger partial charge on any atom is 0.414 e. The van der Waals surface area contributed by atoms with Crippen molar-refractivity contribution in [3.63, 3.8) is 0 Å². The molecule has 1 aromatic carbocycles. The smallest absolute Gasteiger partial charge is 0.414 e. The summed E-state index contributed by atoms with van der Waals surface area (Å²) in [5.74, 6) is -1.42. The van der Waals surface area contributed by atoms with Crippen molar-refractivity contribution in [1.82, 2.24) is 20.0 Å². The average Bonchev–Trinajstić information content (AvgIpc) is 3.34. The Balaban J connectivity index is 1.24. The molecule has 4 heterocycles. The number of anilines is 1. The summed E-state index contributed by atoms with van der Waals surface area (Å²) in [6.45, 7) is 9.10. The number of hydrogen-bond acceptors (Lipinski definition) is 6. The van der Waals surface area contributed by atoms with Crippen LogP contribution in [0.25, 0.3) is 16.0 Å². The van der Waals surface area contributed by atoms with Gasteiger partial charge in [0.05, 0.1) is 55.6 Å². The van der Waals surface area contributed by atoms with Crippen molar-refractivity contribution in [2.24, 2.45) is 11.8 Å². The molecule has 1 unspecified atom stereocenters. The average molecular weight is 464 g/mol. The van der Waals surface area contributed by atoms with Crippen molar-refractivity contribution >= 4 is 11.8 Å². The number of ether oxygens (including phenoxy) is 2. The summed E-state index contributed by atoms with van der Waals surface area (Å²) in [5.41, 5.74) is -0.0324. The van der Waals surface area contributed by atoms with Gasteiger partial charge in [-0.15, -0.1) is 5.10 Å². The molecular weight excluding hydrogens is 446 g/mol. The number of aromatic nitrogens is 4. The van der Waals surface area contributed by atoms with E-state index in [9.17, 15) is 4.79 Å². The number of rotatable bonds is 5. The first kappa shape index (κ1) is 20.7. The third kappa shape index (κ3) is 3.06. The number of carbonyl (C=O) groups excluding carboxylic acids is 1. The lowest BCUT2D eigenvalue weighted by Gasteiger charge is -2.15. The highest BCUT2D eigenvalue weighted by molar-refractivity contribution is 5.90. The zero-order valence-electron chi connectivity index (χ0n) is 17.8. The Morgan fingerprint density at radius 3 is 2.59 bits per heavy atom. The van der Waals surface area contributed by atoms with Crippen molar-refractivity contribution in [3.8, 4) is 11.1 Å². The quantitative estimate of drug-likeness (QED) is 0.540. The van der Waals surface area contributed by atoms with Crippen molar-refractivity contribution < 1.29 is 23.0 Å². The lowest BCUT2D eigenvalue weighted by Crippen LogP contribution is -2.26. The molecule has 2 aliphatic heterocycles. The van der Waals surface area contributed by atoms with Gasteiger partial charge in [0, 0.05) is 18.0 Å². The summed E-state index contributed by atoms with van der Waals surface area (Å²) >= 11 is 0. The molecule has 4 atom stereocenters. The summed E-state index contributed by atoms with van der Waals surface area (Å²) in [4.78, 5) is 21.7. The number of amides is 1. The largest absolute Gasteiger partial charge is 0.442 e. The third-order valence-electron chi connectivity index (χ3n) is 6.82. The number of benzene rings is 1. The molecule has 0 N–H and O–H groups in total. The SMILES string of the molecule is [C-]#[N+]C1(c2ccc(-c3c(F)cc(N4C[C@H](Cn5ccnn5)OC4=O)cc3F)cn2)[C@@H]2COC[C@@H]21. The van der Waals surface area contributed by atoms with Crippen LogP contribution in [0.2, 0.25) is 0 Å². The number of hydrogen-bond donors (Lipinski definition) is 0. The van der Waals surface area contributed by atoms with Gasteiger partial charge in [-0.05, 0) is 18.2 Å². The van der Waals surface area contributed by atoms with Gasteiger partial charge < -0.3 is 14.3 Å². The molecule has 34 heavy (non-hydrogen) atoms. The normalized spacial score (nSPS) is 27.4. The topological polar surface area (TPSA) is 86.7 Å². The van der Waals surface area contributed by atoms with Crippen molar-refractivity contribution in [2.45, 2.75) is 18.2 Å². The van der Waals surface area contributed by atoms with E-state index in [0.29, 0.717) is 18.9 Å². The molecule has 6 rings (SSSR count). The van der Waals surface area contributed by atoms with E-state index >= 15 is 8.78 Å². The fourth-order valence-corrected chi connectivity index (χ4v) is 5.07. The van der Waals surface area contributed by atoms with Gasteiger partial charge in [-0.3, -0.25) is 9.88 Å². The fourth-order valence-electron chi connectivity index (χ4n) is 5.07. The Labute approximate surface area is 192 Å². The molecule has 0 radical (unpaired) electrons. The lowest BCUT2D eigenvalue weighted by atomic mass is 10.0. The second kappa shape index (κ2) is 7.56. The highest BCUT2D eigenvalue weighted by Crippen LogP contribution is 2.63. The second-order valence-corrected chi connectivity index (χ2v) is 8.65. The number of carbonyl (C=O) groups is 1. The third-order valence-corrected chi connectivity index (χ3v) is 6.82. The molecule has 0 bridgehead atoms. The Kier molecular flexibility index (Phi) is 4.60. The van der Waals surface area contributed by atoms with E-state index in [1.807, 2.05) is 0 Å². The van der Waals surface area contributed by atoms with Crippen LogP contribution in [0, 0.1) is 30.0 Å². The van der Waals surface area contributed by atoms with Crippen molar-refractivity contribution in [3.05, 3.63) is 71.6 Å². The predicted molar refractivity (Wildman–Crippen MR) is 113 cm³/mol. The minimum absolute atomic E-state index is 0.0622. The number of nitrogens with zero attached hydrogens (tertiary/aromatic N) is 6. The number of fused-ring (bicyclic) bond motifs is 1. The summed E-state index contributed by atoms with van der Waals surface area (Å²) in [6, 6.07) is 5.44. The van der Waals surface area contributed by atoms with Gasteiger partial charge in [-0.25, -0.2) is 24.8 Å². The molecule has 11 heteroatoms. The Hall–Kier alpha value is -3.91. The fraction of sp³-hybridized carbons (Fsp3) is 0.348. The number of pyridine rings is 1. The molecule has 3 aromatic rings. The van der Waals surface area contributed by atoms with Gasteiger partial charge in [0.1, 0.15) is 23.4 Å². The number of cyclic esters (lactones) is 1. The van der Waals surface area contributed by atoms with Gasteiger partial charge in [0.2, 0.25) is 0 Å². The number of halogens is 2. The van der Waals surface area contributed by atoms with Crippen LogP contribution in [0.3, 0.4) is 0 Å². The minimum atomic E-state index is -0.825. The zero-order chi connectivity index (χ0) is 23.4. The van der Waals surface area contributed by atoms with Gasteiger partial charge >= 0.3 is 6.09 Å². The Morgan fingerprint density at radius 2 is 1.97 bits per heavy atom. The first-order chi connectivity index (χ1) is 16.5. The molecular formula is C23H18F2N6O3. The highest BCUT2D eigenvalue weighted by Gasteiger charge is 2.77. The molecule has 3 aliphatic rings. The Bertz CT molecular complexity index is 1270. The van der Waals surface area contributed by atoms with E-state index in [1.54, 1.807) is 18.3 Å². The van der Waals surface area contributed by atoms with Crippen LogP contribution in [0.1, 0.15) is 5.69 Å². The molecule has 1 aliphatic carbocycles. The van der Waals surface area contributed by atoms with E-state index in [1.165, 1.54) is 22.0 Å². The van der Waals surface area contributed by atoms with E-state index in [2.05, 4.69) is 20.1 Å². The molecule has 2 saturated heterocycles. The Morgan fingerprint density at radius 1 is 1.21 bits per heavy atom. The zero-order valence-corrected chi connectivity index (χ0v) is 17.8. The second-order valence-electron chi connectivity index (χ2n) is 8.65. The van der Waals surface area contributed by atoms with Gasteiger partial charge in [0.25, 0.3) is 5.54 Å². The van der Waals surface area contributed by atoms with E-state index in [4.69, 9.17) is 16.0 Å². The van der Waals surface area contributed by atoms with Crippen molar-refractivity contribution in [2.75, 3.05) is 24.7 Å². The molecule has 0 spiro atoms. The van der Waals surface area contributed by atoms with Crippen molar-refractivity contribution in [1.29, 1.82) is 0 Å². The molecule has 1 saturated carbocycles. The monoisotopic (exact) mass is 464 g/mol. The highest BCUT2D eigenvalue weighted by atomic mass is 19.1. The first-order valence-corrected chi connectivity index (χ1v) is 10.8. The molecule has 1 amide bonds. The van der Waals surface area contributed by atoms with Crippen LogP contribution in [0.5, 0.6) is 0 Å². The van der Waals surface area contributed by atoms with Gasteiger partial charge in [-0.1, -0.05) is 11.3 Å². The predicted octanol–water partition coefficient (Wildman–Crippen LogP) is 3.03. The molecule has 172 valence electrons. The van der Waals surface area contributed by atoms with Crippen LogP contribution >= 0.6 is 0 Å². The maximum absolute atomic E-state index is 15.0.